The Labute approximate surface area is 233 Å². The molecule has 9 nitrogen and oxygen atoms in total. The Morgan fingerprint density at radius 1 is 1.29 bits per heavy atom. The van der Waals surface area contributed by atoms with Crippen LogP contribution in [-0.4, -0.2) is 66.9 Å². The molecule has 1 aliphatic heterocycles. The number of pyridine rings is 1. The SMILES string of the molecule is CCC1(N)COc2c1cc(C(O)(CNC(=O)c1ccc(OCCO)c(OC)c1)C(F)(F)F)nc2C1=CCC(F)C=C1. The van der Waals surface area contributed by atoms with E-state index >= 15 is 0 Å². The van der Waals surface area contributed by atoms with Crippen LogP contribution in [0.15, 0.2) is 42.5 Å². The first-order valence-electron chi connectivity index (χ1n) is 12.9. The number of benzene rings is 1. The highest BCUT2D eigenvalue weighted by atomic mass is 19.4. The first-order chi connectivity index (χ1) is 19.4. The molecular formula is C28H31F4N3O6. The number of ether oxygens (including phenoxy) is 3. The Hall–Kier alpha value is -3.68. The Morgan fingerprint density at radius 3 is 2.66 bits per heavy atom. The van der Waals surface area contributed by atoms with Crippen LogP contribution in [0.2, 0.25) is 0 Å². The van der Waals surface area contributed by atoms with Crippen LogP contribution >= 0.6 is 0 Å². The minimum atomic E-state index is -5.28. The molecule has 1 amide bonds. The number of hydrogen-bond acceptors (Lipinski definition) is 8. The number of carbonyl (C=O) groups is 1. The van der Waals surface area contributed by atoms with E-state index in [0.29, 0.717) is 12.0 Å². The number of rotatable bonds is 10. The van der Waals surface area contributed by atoms with Crippen LogP contribution in [0.3, 0.4) is 0 Å². The molecule has 2 aromatic rings. The third-order valence-electron chi connectivity index (χ3n) is 7.11. The molecule has 1 aliphatic carbocycles. The minimum Gasteiger partial charge on any atom is -0.493 e. The molecule has 0 bridgehead atoms. The van der Waals surface area contributed by atoms with Gasteiger partial charge in [-0.05, 0) is 42.3 Å². The van der Waals surface area contributed by atoms with Crippen molar-refractivity contribution in [2.24, 2.45) is 5.73 Å². The van der Waals surface area contributed by atoms with Crippen molar-refractivity contribution in [3.63, 3.8) is 0 Å². The number of nitrogens with one attached hydrogen (secondary N) is 1. The summed E-state index contributed by atoms with van der Waals surface area (Å²) in [5.41, 5.74) is 1.34. The van der Waals surface area contributed by atoms with E-state index < -0.39 is 41.6 Å². The number of fused-ring (bicyclic) bond motifs is 1. The first kappa shape index (κ1) is 30.3. The summed E-state index contributed by atoms with van der Waals surface area (Å²) in [4.78, 5) is 17.0. The van der Waals surface area contributed by atoms with Gasteiger partial charge in [0, 0.05) is 17.5 Å². The highest BCUT2D eigenvalue weighted by Gasteiger charge is 2.57. The summed E-state index contributed by atoms with van der Waals surface area (Å²) in [6.07, 6.45) is -2.10. The monoisotopic (exact) mass is 581 g/mol. The van der Waals surface area contributed by atoms with Gasteiger partial charge >= 0.3 is 6.18 Å². The van der Waals surface area contributed by atoms with Gasteiger partial charge in [-0.15, -0.1) is 0 Å². The lowest BCUT2D eigenvalue weighted by molar-refractivity contribution is -0.265. The van der Waals surface area contributed by atoms with Crippen molar-refractivity contribution < 1.29 is 46.8 Å². The number of amides is 1. The molecule has 13 heteroatoms. The standard InChI is InChI=1S/C28H31F4N3O6/c1-3-26(33)15-41-24-19(26)13-22(35-23(24)16-4-7-18(29)8-5-16)27(38,28(30,31)32)14-34-25(37)17-6-9-20(40-11-10-36)21(12-17)39-2/h4-7,9,12-13,18,36,38H,3,8,10-11,14-15,33H2,1-2H3,(H,34,37). The number of alkyl halides is 4. The van der Waals surface area contributed by atoms with Gasteiger partial charge in [0.15, 0.2) is 17.2 Å². The summed E-state index contributed by atoms with van der Waals surface area (Å²) in [5, 5.41) is 22.2. The van der Waals surface area contributed by atoms with Crippen molar-refractivity contribution >= 4 is 11.5 Å². The number of nitrogens with zero attached hydrogens (tertiary/aromatic N) is 1. The summed E-state index contributed by atoms with van der Waals surface area (Å²) in [5.74, 6) is -0.438. The van der Waals surface area contributed by atoms with Crippen molar-refractivity contribution in [1.82, 2.24) is 10.3 Å². The molecule has 0 fully saturated rings. The van der Waals surface area contributed by atoms with E-state index in [1.165, 1.54) is 43.5 Å². The second kappa shape index (κ2) is 11.7. The van der Waals surface area contributed by atoms with Crippen LogP contribution in [0.25, 0.3) is 5.57 Å². The van der Waals surface area contributed by atoms with Gasteiger partial charge in [0.1, 0.15) is 25.1 Å². The maximum atomic E-state index is 14.5. The lowest BCUT2D eigenvalue weighted by atomic mass is 9.86. The molecule has 3 unspecified atom stereocenters. The summed E-state index contributed by atoms with van der Waals surface area (Å²) >= 11 is 0. The zero-order valence-electron chi connectivity index (χ0n) is 22.4. The summed E-state index contributed by atoms with van der Waals surface area (Å²) < 4.78 is 73.6. The van der Waals surface area contributed by atoms with Gasteiger partial charge in [-0.1, -0.05) is 19.1 Å². The van der Waals surface area contributed by atoms with Crippen molar-refractivity contribution in [3.05, 3.63) is 65.0 Å². The molecule has 0 spiro atoms. The van der Waals surface area contributed by atoms with Gasteiger partial charge in [-0.3, -0.25) is 4.79 Å². The van der Waals surface area contributed by atoms with Crippen LogP contribution in [0.4, 0.5) is 17.6 Å². The van der Waals surface area contributed by atoms with Crippen LogP contribution < -0.4 is 25.3 Å². The average molecular weight is 582 g/mol. The highest BCUT2D eigenvalue weighted by molar-refractivity contribution is 5.95. The third-order valence-corrected chi connectivity index (χ3v) is 7.11. The number of allylic oxidation sites excluding steroid dienone is 4. The number of aromatic nitrogens is 1. The zero-order valence-corrected chi connectivity index (χ0v) is 22.4. The summed E-state index contributed by atoms with van der Waals surface area (Å²) in [7, 11) is 1.31. The molecule has 1 aromatic heterocycles. The Balaban J connectivity index is 1.72. The molecule has 1 aromatic carbocycles. The molecule has 2 aliphatic rings. The summed E-state index contributed by atoms with van der Waals surface area (Å²) in [6, 6.07) is 4.97. The number of halogens is 4. The molecule has 0 saturated carbocycles. The van der Waals surface area contributed by atoms with Gasteiger partial charge in [0.05, 0.1) is 31.5 Å². The van der Waals surface area contributed by atoms with Gasteiger partial charge in [0.2, 0.25) is 5.60 Å². The van der Waals surface area contributed by atoms with Gasteiger partial charge < -0.3 is 35.5 Å². The fourth-order valence-corrected chi connectivity index (χ4v) is 4.53. The Morgan fingerprint density at radius 2 is 2.05 bits per heavy atom. The fraction of sp³-hybridized carbons (Fsp3) is 0.429. The van der Waals surface area contributed by atoms with E-state index in [1.807, 2.05) is 0 Å². The molecule has 4 rings (SSSR count). The number of aliphatic hydroxyl groups is 2. The second-order valence-electron chi connectivity index (χ2n) is 9.78. The molecule has 0 radical (unpaired) electrons. The zero-order chi connectivity index (χ0) is 30.0. The van der Waals surface area contributed by atoms with E-state index in [0.717, 1.165) is 6.07 Å². The second-order valence-corrected chi connectivity index (χ2v) is 9.78. The van der Waals surface area contributed by atoms with Crippen LogP contribution in [0, 0.1) is 0 Å². The summed E-state index contributed by atoms with van der Waals surface area (Å²) in [6.45, 7) is 0.137. The van der Waals surface area contributed by atoms with E-state index in [4.69, 9.17) is 25.1 Å². The van der Waals surface area contributed by atoms with Crippen LogP contribution in [0.1, 0.15) is 47.1 Å². The number of hydrogen-bond donors (Lipinski definition) is 4. The Kier molecular flexibility index (Phi) is 8.62. The topological polar surface area (TPSA) is 136 Å². The molecule has 41 heavy (non-hydrogen) atoms. The lowest BCUT2D eigenvalue weighted by Crippen LogP contribution is -2.52. The third kappa shape index (κ3) is 5.88. The predicted molar refractivity (Wildman–Crippen MR) is 140 cm³/mol. The predicted octanol–water partition coefficient (Wildman–Crippen LogP) is 3.28. The lowest BCUT2D eigenvalue weighted by Gasteiger charge is -2.32. The minimum absolute atomic E-state index is 0.0129. The quantitative estimate of drug-likeness (QED) is 0.314. The van der Waals surface area contributed by atoms with Crippen molar-refractivity contribution in [2.45, 2.75) is 43.3 Å². The van der Waals surface area contributed by atoms with Gasteiger partial charge in [-0.25, -0.2) is 9.37 Å². The fourth-order valence-electron chi connectivity index (χ4n) is 4.53. The number of aliphatic hydroxyl groups excluding tert-OH is 1. The highest BCUT2D eigenvalue weighted by Crippen LogP contribution is 2.46. The maximum Gasteiger partial charge on any atom is 0.424 e. The van der Waals surface area contributed by atoms with E-state index in [9.17, 15) is 27.5 Å². The maximum absolute atomic E-state index is 14.5. The normalized spacial score (nSPS) is 21.4. The van der Waals surface area contributed by atoms with Gasteiger partial charge in [-0.2, -0.15) is 13.2 Å². The largest absolute Gasteiger partial charge is 0.493 e. The smallest absolute Gasteiger partial charge is 0.424 e. The van der Waals surface area contributed by atoms with Gasteiger partial charge in [0.25, 0.3) is 5.91 Å². The van der Waals surface area contributed by atoms with Crippen molar-refractivity contribution in [1.29, 1.82) is 0 Å². The number of methoxy groups -OCH3 is 1. The van der Waals surface area contributed by atoms with E-state index in [2.05, 4.69) is 10.3 Å². The Bertz CT molecular complexity index is 1370. The number of carbonyl (C=O) groups excluding carboxylic acids is 1. The molecule has 0 saturated heterocycles. The molecule has 3 atom stereocenters. The molecule has 5 N–H and O–H groups in total. The van der Waals surface area contributed by atoms with Crippen molar-refractivity contribution in [2.75, 3.05) is 33.5 Å². The van der Waals surface area contributed by atoms with Crippen LogP contribution in [-0.2, 0) is 11.1 Å². The molecular weight excluding hydrogens is 550 g/mol. The van der Waals surface area contributed by atoms with Crippen LogP contribution in [0.5, 0.6) is 17.2 Å². The molecule has 2 heterocycles. The van der Waals surface area contributed by atoms with Crippen molar-refractivity contribution in [3.8, 4) is 17.2 Å². The average Bonchev–Trinajstić information content (AvgIpc) is 3.30. The first-order valence-corrected chi connectivity index (χ1v) is 12.9. The van der Waals surface area contributed by atoms with E-state index in [1.54, 1.807) is 6.92 Å². The molecule has 222 valence electrons. The number of nitrogens with two attached hydrogens (primary N) is 1. The van der Waals surface area contributed by atoms with E-state index in [-0.39, 0.29) is 60.3 Å².